The Morgan fingerprint density at radius 1 is 1.50 bits per heavy atom. The minimum atomic E-state index is 0.534. The van der Waals surface area contributed by atoms with Gasteiger partial charge in [-0.15, -0.1) is 0 Å². The molecular formula is C6H5N3O. The van der Waals surface area contributed by atoms with Crippen molar-refractivity contribution in [2.75, 3.05) is 0 Å². The molecule has 0 spiro atoms. The third-order valence-electron chi connectivity index (χ3n) is 1.20. The van der Waals surface area contributed by atoms with Gasteiger partial charge in [-0.05, 0) is 6.07 Å². The molecule has 0 aromatic rings. The van der Waals surface area contributed by atoms with E-state index in [-0.39, 0.29) is 0 Å². The molecule has 0 unspecified atom stereocenters. The maximum Gasteiger partial charge on any atom is 0.223 e. The second-order valence-electron chi connectivity index (χ2n) is 1.97. The summed E-state index contributed by atoms with van der Waals surface area (Å²) in [6.07, 6.45) is 1.65. The second kappa shape index (κ2) is 1.76. The van der Waals surface area contributed by atoms with Crippen LogP contribution >= 0.6 is 0 Å². The summed E-state index contributed by atoms with van der Waals surface area (Å²) in [6.45, 7) is 1.74. The zero-order valence-corrected chi connectivity index (χ0v) is 5.40. The van der Waals surface area contributed by atoms with Crippen molar-refractivity contribution in [2.24, 2.45) is 0 Å². The van der Waals surface area contributed by atoms with Crippen molar-refractivity contribution >= 4 is 0 Å². The molecule has 0 saturated heterocycles. The molecular weight excluding hydrogens is 130 g/mol. The molecule has 0 N–H and O–H groups in total. The van der Waals surface area contributed by atoms with Crippen LogP contribution in [0.15, 0.2) is 16.8 Å². The fourth-order valence-corrected chi connectivity index (χ4v) is 0.761. The topological polar surface area (TPSA) is 51.8 Å². The molecule has 2 heterocycles. The van der Waals surface area contributed by atoms with Crippen molar-refractivity contribution in [2.45, 2.75) is 6.92 Å². The Kier molecular flexibility index (Phi) is 0.943. The van der Waals surface area contributed by atoms with Crippen LogP contribution in [-0.4, -0.2) is 15.1 Å². The normalized spacial score (nSPS) is 10.5. The van der Waals surface area contributed by atoms with Gasteiger partial charge < -0.3 is 4.52 Å². The van der Waals surface area contributed by atoms with Crippen molar-refractivity contribution in [3.8, 4) is 11.5 Å². The molecule has 0 amide bonds. The SMILES string of the molecule is Cc1nc2nccc-2no1. The molecule has 0 radical (unpaired) electrons. The molecule has 2 aliphatic heterocycles. The van der Waals surface area contributed by atoms with E-state index in [4.69, 9.17) is 4.52 Å². The van der Waals surface area contributed by atoms with E-state index < -0.39 is 0 Å². The first kappa shape index (κ1) is 5.34. The molecule has 2 rings (SSSR count). The van der Waals surface area contributed by atoms with Crippen molar-refractivity contribution in [1.82, 2.24) is 15.1 Å². The highest BCUT2D eigenvalue weighted by molar-refractivity contribution is 5.48. The predicted octanol–water partition coefficient (Wildman–Crippen LogP) is 0.878. The van der Waals surface area contributed by atoms with Crippen LogP contribution in [-0.2, 0) is 0 Å². The molecule has 50 valence electrons. The van der Waals surface area contributed by atoms with Gasteiger partial charge in [-0.1, -0.05) is 5.16 Å². The predicted molar refractivity (Wildman–Crippen MR) is 33.5 cm³/mol. The Balaban J connectivity index is 2.75. The highest BCUT2D eigenvalue weighted by Crippen LogP contribution is 2.12. The van der Waals surface area contributed by atoms with Crippen molar-refractivity contribution < 1.29 is 4.52 Å². The molecule has 4 nitrogen and oxygen atoms in total. The average Bonchev–Trinajstić information content (AvgIpc) is 2.33. The molecule has 0 saturated carbocycles. The average molecular weight is 135 g/mol. The number of nitrogens with zero attached hydrogens (tertiary/aromatic N) is 3. The Bertz CT molecular complexity index is 317. The van der Waals surface area contributed by atoms with E-state index >= 15 is 0 Å². The fourth-order valence-electron chi connectivity index (χ4n) is 0.761. The molecule has 0 aliphatic carbocycles. The van der Waals surface area contributed by atoms with Gasteiger partial charge in [-0.25, -0.2) is 4.98 Å². The van der Waals surface area contributed by atoms with E-state index in [0.717, 1.165) is 0 Å². The lowest BCUT2D eigenvalue weighted by atomic mass is 10.4. The van der Waals surface area contributed by atoms with Gasteiger partial charge in [0, 0.05) is 13.1 Å². The van der Waals surface area contributed by atoms with E-state index in [1.54, 1.807) is 19.2 Å². The van der Waals surface area contributed by atoms with E-state index in [1.165, 1.54) is 0 Å². The zero-order valence-electron chi connectivity index (χ0n) is 5.40. The van der Waals surface area contributed by atoms with Crippen LogP contribution in [0.3, 0.4) is 0 Å². The number of aryl methyl sites for hydroxylation is 1. The zero-order chi connectivity index (χ0) is 6.97. The van der Waals surface area contributed by atoms with Gasteiger partial charge in [0.2, 0.25) is 5.89 Å². The molecule has 2 aliphatic rings. The first-order chi connectivity index (χ1) is 4.86. The van der Waals surface area contributed by atoms with E-state index in [1.807, 2.05) is 0 Å². The summed E-state index contributed by atoms with van der Waals surface area (Å²) < 4.78 is 4.80. The van der Waals surface area contributed by atoms with Gasteiger partial charge in [0.1, 0.15) is 5.69 Å². The van der Waals surface area contributed by atoms with Crippen LogP contribution in [0.4, 0.5) is 0 Å². The minimum absolute atomic E-state index is 0.534. The number of fused-ring (bicyclic) bond motifs is 1. The number of aromatic nitrogens is 3. The lowest BCUT2D eigenvalue weighted by Crippen LogP contribution is -1.89. The van der Waals surface area contributed by atoms with Gasteiger partial charge in [-0.3, -0.25) is 0 Å². The second-order valence-corrected chi connectivity index (χ2v) is 1.97. The standard InChI is InChI=1S/C6H5N3O/c1-4-8-6-5(9-10-4)2-3-7-6/h2-3H,1H3. The lowest BCUT2D eigenvalue weighted by Gasteiger charge is -1.92. The summed E-state index contributed by atoms with van der Waals surface area (Å²) in [4.78, 5) is 7.94. The van der Waals surface area contributed by atoms with Crippen LogP contribution in [0.1, 0.15) is 5.89 Å². The molecule has 0 fully saturated rings. The van der Waals surface area contributed by atoms with Gasteiger partial charge in [0.05, 0.1) is 0 Å². The van der Waals surface area contributed by atoms with Gasteiger partial charge in [0.15, 0.2) is 5.82 Å². The molecule has 0 atom stereocenters. The monoisotopic (exact) mass is 135 g/mol. The molecule has 0 bridgehead atoms. The first-order valence-electron chi connectivity index (χ1n) is 2.91. The smallest absolute Gasteiger partial charge is 0.223 e. The maximum atomic E-state index is 4.80. The summed E-state index contributed by atoms with van der Waals surface area (Å²) in [5, 5.41) is 3.74. The molecule has 0 aromatic carbocycles. The van der Waals surface area contributed by atoms with Crippen LogP contribution < -0.4 is 0 Å². The third-order valence-corrected chi connectivity index (χ3v) is 1.20. The quantitative estimate of drug-likeness (QED) is 0.538. The van der Waals surface area contributed by atoms with Gasteiger partial charge in [0.25, 0.3) is 0 Å². The van der Waals surface area contributed by atoms with Crippen LogP contribution in [0, 0.1) is 6.92 Å². The summed E-state index contributed by atoms with van der Waals surface area (Å²) >= 11 is 0. The van der Waals surface area contributed by atoms with Crippen LogP contribution in [0.5, 0.6) is 0 Å². The largest absolute Gasteiger partial charge is 0.341 e. The number of rotatable bonds is 0. The highest BCUT2D eigenvalue weighted by Gasteiger charge is 2.06. The summed E-state index contributed by atoms with van der Waals surface area (Å²) in [5.41, 5.74) is 0.700. The number of hydrogen-bond donors (Lipinski definition) is 0. The molecule has 0 aromatic heterocycles. The lowest BCUT2D eigenvalue weighted by molar-refractivity contribution is 0.360. The van der Waals surface area contributed by atoms with Gasteiger partial charge in [-0.2, -0.15) is 4.98 Å². The maximum absolute atomic E-state index is 4.80. The van der Waals surface area contributed by atoms with Crippen molar-refractivity contribution in [1.29, 1.82) is 0 Å². The van der Waals surface area contributed by atoms with E-state index in [9.17, 15) is 0 Å². The Morgan fingerprint density at radius 2 is 2.40 bits per heavy atom. The Labute approximate surface area is 57.2 Å². The van der Waals surface area contributed by atoms with Crippen LogP contribution in [0.25, 0.3) is 11.5 Å². The molecule has 10 heavy (non-hydrogen) atoms. The summed E-state index contributed by atoms with van der Waals surface area (Å²) in [5.74, 6) is 1.18. The minimum Gasteiger partial charge on any atom is -0.341 e. The van der Waals surface area contributed by atoms with Gasteiger partial charge >= 0.3 is 0 Å². The molecule has 4 heteroatoms. The first-order valence-corrected chi connectivity index (χ1v) is 2.91. The summed E-state index contributed by atoms with van der Waals surface area (Å²) in [6, 6.07) is 1.76. The van der Waals surface area contributed by atoms with Crippen molar-refractivity contribution in [3.05, 3.63) is 18.2 Å². The van der Waals surface area contributed by atoms with E-state index in [0.29, 0.717) is 17.4 Å². The Morgan fingerprint density at radius 3 is 3.30 bits per heavy atom. The van der Waals surface area contributed by atoms with Crippen LogP contribution in [0.2, 0.25) is 0 Å². The van der Waals surface area contributed by atoms with Crippen molar-refractivity contribution in [3.63, 3.8) is 0 Å². The van der Waals surface area contributed by atoms with E-state index in [2.05, 4.69) is 15.1 Å². The summed E-state index contributed by atoms with van der Waals surface area (Å²) in [7, 11) is 0. The highest BCUT2D eigenvalue weighted by atomic mass is 16.5. The Hall–Kier alpha value is -1.45. The third kappa shape index (κ3) is 0.655. The number of hydrogen-bond acceptors (Lipinski definition) is 4. The fraction of sp³-hybridized carbons (Fsp3) is 0.167.